The lowest BCUT2D eigenvalue weighted by molar-refractivity contribution is 0.0717. The Labute approximate surface area is 192 Å². The van der Waals surface area contributed by atoms with E-state index >= 15 is 0 Å². The summed E-state index contributed by atoms with van der Waals surface area (Å²) < 4.78 is 0. The van der Waals surface area contributed by atoms with E-state index in [0.29, 0.717) is 24.5 Å². The largest absolute Gasteiger partial charge is 0.338 e. The highest BCUT2D eigenvalue weighted by Crippen LogP contribution is 2.32. The number of carbonyl (C=O) groups excluding carboxylic acids is 2. The Kier molecular flexibility index (Phi) is 5.48. The second-order valence-corrected chi connectivity index (χ2v) is 10.0. The van der Waals surface area contributed by atoms with Gasteiger partial charge in [-0.2, -0.15) is 5.10 Å². The summed E-state index contributed by atoms with van der Waals surface area (Å²) >= 11 is 2.97. The van der Waals surface area contributed by atoms with Gasteiger partial charge in [0.15, 0.2) is 0 Å². The highest BCUT2D eigenvalue weighted by molar-refractivity contribution is 7.13. The molecule has 32 heavy (non-hydrogen) atoms. The van der Waals surface area contributed by atoms with Crippen LogP contribution < -0.4 is 5.32 Å². The zero-order valence-electron chi connectivity index (χ0n) is 17.7. The fourth-order valence-corrected chi connectivity index (χ4v) is 5.85. The molecule has 10 heteroatoms. The third-order valence-corrected chi connectivity index (χ3v) is 7.75. The van der Waals surface area contributed by atoms with Gasteiger partial charge < -0.3 is 10.2 Å². The van der Waals surface area contributed by atoms with Crippen molar-refractivity contribution < 1.29 is 9.59 Å². The first-order valence-electron chi connectivity index (χ1n) is 10.4. The lowest BCUT2D eigenvalue weighted by Gasteiger charge is -2.30. The Balaban J connectivity index is 1.21. The Bertz CT molecular complexity index is 1300. The summed E-state index contributed by atoms with van der Waals surface area (Å²) in [5.41, 5.74) is 2.79. The number of hydrogen-bond donors (Lipinski definition) is 2. The van der Waals surface area contributed by atoms with Crippen molar-refractivity contribution in [3.63, 3.8) is 0 Å². The van der Waals surface area contributed by atoms with Crippen molar-refractivity contribution in [3.8, 4) is 0 Å². The lowest BCUT2D eigenvalue weighted by atomic mass is 9.97. The molecular weight excluding hydrogens is 444 g/mol. The number of nitrogens with one attached hydrogen (secondary N) is 2. The molecule has 5 rings (SSSR count). The minimum Gasteiger partial charge on any atom is -0.338 e. The second-order valence-electron chi connectivity index (χ2n) is 7.91. The Morgan fingerprint density at radius 1 is 1.19 bits per heavy atom. The number of benzene rings is 1. The maximum Gasteiger partial charge on any atom is 0.275 e. The van der Waals surface area contributed by atoms with E-state index in [1.165, 1.54) is 22.7 Å². The van der Waals surface area contributed by atoms with Crippen molar-refractivity contribution in [1.82, 2.24) is 25.1 Å². The molecular formula is C22H22N6O2S2. The average Bonchev–Trinajstić information content (AvgIpc) is 3.52. The van der Waals surface area contributed by atoms with Gasteiger partial charge in [0, 0.05) is 35.5 Å². The van der Waals surface area contributed by atoms with E-state index in [1.54, 1.807) is 11.6 Å². The number of fused-ring (bicyclic) bond motifs is 1. The van der Waals surface area contributed by atoms with E-state index < -0.39 is 0 Å². The van der Waals surface area contributed by atoms with Crippen LogP contribution in [-0.4, -0.2) is 50.0 Å². The molecule has 1 saturated heterocycles. The maximum atomic E-state index is 12.8. The number of carbonyl (C=O) groups is 2. The summed E-state index contributed by atoms with van der Waals surface area (Å²) in [6.45, 7) is 5.18. The number of aromatic nitrogens is 4. The van der Waals surface area contributed by atoms with Crippen LogP contribution in [0.4, 0.5) is 5.69 Å². The SMILES string of the molecule is Cc1nc(C)c(C(=O)N2CCC(c3nc(C(=O)Nc4ccc5cn[nH]c5c4)cs3)CC2)s1. The molecule has 1 aliphatic heterocycles. The molecule has 2 N–H and O–H groups in total. The molecule has 0 radical (unpaired) electrons. The van der Waals surface area contributed by atoms with Crippen LogP contribution in [0.5, 0.6) is 0 Å². The molecule has 3 aromatic heterocycles. The molecule has 2 amide bonds. The van der Waals surface area contributed by atoms with Crippen LogP contribution in [0.25, 0.3) is 10.9 Å². The standard InChI is InChI=1S/C22H22N6O2S2/c1-12-19(32-13(2)24-12)22(30)28-7-5-14(6-8-28)21-26-18(11-31-21)20(29)25-16-4-3-15-10-23-27-17(15)9-16/h3-4,9-11,14H,5-8H2,1-2H3,(H,23,27)(H,25,29). The number of H-pyrrole nitrogens is 1. The molecule has 8 nitrogen and oxygen atoms in total. The normalized spacial score (nSPS) is 14.8. The number of amides is 2. The first-order chi connectivity index (χ1) is 15.5. The fraction of sp³-hybridized carbons (Fsp3) is 0.318. The van der Waals surface area contributed by atoms with Crippen molar-refractivity contribution in [2.24, 2.45) is 0 Å². The van der Waals surface area contributed by atoms with E-state index in [2.05, 4.69) is 25.5 Å². The van der Waals surface area contributed by atoms with Gasteiger partial charge in [-0.1, -0.05) is 0 Å². The number of thiazole rings is 2. The van der Waals surface area contributed by atoms with Crippen molar-refractivity contribution in [3.05, 3.63) is 56.1 Å². The molecule has 164 valence electrons. The molecule has 1 aromatic carbocycles. The third kappa shape index (κ3) is 4.03. The van der Waals surface area contributed by atoms with Crippen molar-refractivity contribution >= 4 is 51.1 Å². The van der Waals surface area contributed by atoms with Crippen molar-refractivity contribution in [2.45, 2.75) is 32.6 Å². The summed E-state index contributed by atoms with van der Waals surface area (Å²) in [6.07, 6.45) is 3.42. The first-order valence-corrected chi connectivity index (χ1v) is 12.1. The maximum absolute atomic E-state index is 12.8. The third-order valence-electron chi connectivity index (χ3n) is 5.68. The number of aryl methyl sites for hydroxylation is 2. The van der Waals surface area contributed by atoms with Crippen LogP contribution in [0.15, 0.2) is 29.8 Å². The number of hydrogen-bond acceptors (Lipinski definition) is 7. The lowest BCUT2D eigenvalue weighted by Crippen LogP contribution is -2.37. The monoisotopic (exact) mass is 466 g/mol. The van der Waals surface area contributed by atoms with Gasteiger partial charge in [-0.25, -0.2) is 9.97 Å². The van der Waals surface area contributed by atoms with E-state index in [4.69, 9.17) is 0 Å². The zero-order valence-corrected chi connectivity index (χ0v) is 19.3. The molecule has 4 heterocycles. The highest BCUT2D eigenvalue weighted by Gasteiger charge is 2.28. The van der Waals surface area contributed by atoms with E-state index in [0.717, 1.165) is 44.3 Å². The van der Waals surface area contributed by atoms with E-state index in [1.807, 2.05) is 36.9 Å². The summed E-state index contributed by atoms with van der Waals surface area (Å²) in [4.78, 5) is 37.1. The molecule has 1 aliphatic rings. The van der Waals surface area contributed by atoms with E-state index in [9.17, 15) is 9.59 Å². The molecule has 1 fully saturated rings. The predicted octanol–water partition coefficient (Wildman–Crippen LogP) is 4.36. The predicted molar refractivity (Wildman–Crippen MR) is 126 cm³/mol. The van der Waals surface area contributed by atoms with Gasteiger partial charge in [-0.15, -0.1) is 22.7 Å². The smallest absolute Gasteiger partial charge is 0.275 e. The topological polar surface area (TPSA) is 104 Å². The summed E-state index contributed by atoms with van der Waals surface area (Å²) in [5, 5.41) is 14.5. The molecule has 0 atom stereocenters. The minimum atomic E-state index is -0.227. The van der Waals surface area contributed by atoms with Gasteiger partial charge in [0.25, 0.3) is 11.8 Å². The van der Waals surface area contributed by atoms with Crippen molar-refractivity contribution in [1.29, 1.82) is 0 Å². The van der Waals surface area contributed by atoms with Crippen LogP contribution in [-0.2, 0) is 0 Å². The Hall–Kier alpha value is -3.11. The highest BCUT2D eigenvalue weighted by atomic mass is 32.1. The van der Waals surface area contributed by atoms with Crippen LogP contribution in [0.1, 0.15) is 54.6 Å². The number of anilines is 1. The number of nitrogens with zero attached hydrogens (tertiary/aromatic N) is 4. The van der Waals surface area contributed by atoms with Gasteiger partial charge in [0.1, 0.15) is 10.6 Å². The van der Waals surface area contributed by atoms with Crippen molar-refractivity contribution in [2.75, 3.05) is 18.4 Å². The van der Waals surface area contributed by atoms with Crippen LogP contribution in [0.3, 0.4) is 0 Å². The molecule has 4 aromatic rings. The van der Waals surface area contributed by atoms with Crippen LogP contribution in [0.2, 0.25) is 0 Å². The summed E-state index contributed by atoms with van der Waals surface area (Å²) in [6, 6.07) is 5.61. The van der Waals surface area contributed by atoms with Crippen LogP contribution >= 0.6 is 22.7 Å². The van der Waals surface area contributed by atoms with Gasteiger partial charge in [0.05, 0.1) is 27.4 Å². The minimum absolute atomic E-state index is 0.0694. The van der Waals surface area contributed by atoms with Gasteiger partial charge in [0.2, 0.25) is 0 Å². The molecule has 0 bridgehead atoms. The van der Waals surface area contributed by atoms with Gasteiger partial charge >= 0.3 is 0 Å². The number of rotatable bonds is 4. The fourth-order valence-electron chi connectivity index (χ4n) is 3.99. The number of likely N-dealkylation sites (tertiary alicyclic amines) is 1. The molecule has 0 saturated carbocycles. The van der Waals surface area contributed by atoms with Gasteiger partial charge in [-0.3, -0.25) is 14.7 Å². The van der Waals surface area contributed by atoms with Gasteiger partial charge in [-0.05, 0) is 44.9 Å². The molecule has 0 aliphatic carbocycles. The molecule has 0 spiro atoms. The Morgan fingerprint density at radius 2 is 2.00 bits per heavy atom. The quantitative estimate of drug-likeness (QED) is 0.465. The summed E-state index contributed by atoms with van der Waals surface area (Å²) in [7, 11) is 0. The second kappa shape index (κ2) is 8.44. The number of piperidine rings is 1. The van der Waals surface area contributed by atoms with E-state index in [-0.39, 0.29) is 17.7 Å². The average molecular weight is 467 g/mol. The summed E-state index contributed by atoms with van der Waals surface area (Å²) in [5.74, 6) is 0.103. The Morgan fingerprint density at radius 3 is 2.75 bits per heavy atom. The molecule has 0 unspecified atom stereocenters. The zero-order chi connectivity index (χ0) is 22.2. The number of aromatic amines is 1. The first kappa shape index (κ1) is 20.8. The van der Waals surface area contributed by atoms with Crippen LogP contribution in [0, 0.1) is 13.8 Å².